The van der Waals surface area contributed by atoms with Gasteiger partial charge in [0.1, 0.15) is 22.6 Å². The molecule has 0 radical (unpaired) electrons. The van der Waals surface area contributed by atoms with Crippen LogP contribution in [-0.4, -0.2) is 39.9 Å². The first kappa shape index (κ1) is 29.0. The van der Waals surface area contributed by atoms with E-state index in [2.05, 4.69) is 135 Å². The number of aromatic amines is 2. The Labute approximate surface area is 297 Å². The second-order valence-corrected chi connectivity index (χ2v) is 14.0. The van der Waals surface area contributed by atoms with Gasteiger partial charge in [0, 0.05) is 43.8 Å². The summed E-state index contributed by atoms with van der Waals surface area (Å²) in [5.74, 6) is 2.42. The molecule has 6 aromatic carbocycles. The van der Waals surface area contributed by atoms with Crippen molar-refractivity contribution in [1.29, 1.82) is 0 Å². The van der Waals surface area contributed by atoms with Gasteiger partial charge >= 0.3 is 0 Å². The van der Waals surface area contributed by atoms with Crippen LogP contribution in [0, 0.1) is 27.7 Å². The third kappa shape index (κ3) is 4.09. The highest BCUT2D eigenvalue weighted by atomic mass is 15.1. The second-order valence-electron chi connectivity index (χ2n) is 14.0. The van der Waals surface area contributed by atoms with Gasteiger partial charge in [-0.1, -0.05) is 72.8 Å². The van der Waals surface area contributed by atoms with Crippen LogP contribution in [-0.2, 0) is 0 Å². The van der Waals surface area contributed by atoms with Crippen LogP contribution in [0.5, 0.6) is 0 Å². The van der Waals surface area contributed by atoms with Gasteiger partial charge in [0.15, 0.2) is 23.3 Å². The minimum absolute atomic E-state index is 0.591. The highest BCUT2D eigenvalue weighted by Crippen LogP contribution is 2.41. The predicted molar refractivity (Wildman–Crippen MR) is 210 cm³/mol. The van der Waals surface area contributed by atoms with Crippen LogP contribution in [0.2, 0.25) is 0 Å². The lowest BCUT2D eigenvalue weighted by atomic mass is 9.98. The average Bonchev–Trinajstić information content (AvgIpc) is 3.89. The summed E-state index contributed by atoms with van der Waals surface area (Å²) in [5.41, 5.74) is 11.0. The molecule has 0 atom stereocenters. The number of hydrogen-bond acceptors (Lipinski definition) is 6. The van der Waals surface area contributed by atoms with E-state index in [-0.39, 0.29) is 0 Å². The third-order valence-electron chi connectivity index (χ3n) is 10.7. The molecule has 0 amide bonds. The molecule has 3 aromatic heterocycles. The summed E-state index contributed by atoms with van der Waals surface area (Å²) in [7, 11) is 0. The van der Waals surface area contributed by atoms with Crippen molar-refractivity contribution in [3.63, 3.8) is 0 Å². The highest BCUT2D eigenvalue weighted by molar-refractivity contribution is 6.12. The molecule has 52 heavy (non-hydrogen) atoms. The summed E-state index contributed by atoms with van der Waals surface area (Å²) in [5, 5.41) is 8.41. The maximum absolute atomic E-state index is 5.30. The first-order chi connectivity index (χ1) is 25.4. The highest BCUT2D eigenvalue weighted by Gasteiger charge is 2.25. The van der Waals surface area contributed by atoms with E-state index in [1.807, 2.05) is 0 Å². The van der Waals surface area contributed by atoms with Crippen molar-refractivity contribution in [2.45, 2.75) is 27.7 Å². The Morgan fingerprint density at radius 2 is 0.731 bits per heavy atom. The largest absolute Gasteiger partial charge is 0.324 e. The van der Waals surface area contributed by atoms with Crippen molar-refractivity contribution in [2.75, 3.05) is 0 Å². The molecule has 246 valence electrons. The van der Waals surface area contributed by atoms with Crippen molar-refractivity contribution < 1.29 is 0 Å². The Kier molecular flexibility index (Phi) is 5.78. The molecule has 8 nitrogen and oxygen atoms in total. The van der Waals surface area contributed by atoms with E-state index in [0.717, 1.165) is 87.6 Å². The lowest BCUT2D eigenvalue weighted by molar-refractivity contribution is 1.19. The summed E-state index contributed by atoms with van der Waals surface area (Å²) in [6.45, 7) is 8.45. The topological polar surface area (TPSA) is 109 Å². The lowest BCUT2D eigenvalue weighted by Gasteiger charge is -2.06. The molecule has 2 N–H and O–H groups in total. The minimum atomic E-state index is 0.591. The fraction of sp³-hybridized carbons (Fsp3) is 0.0909. The normalized spacial score (nSPS) is 12.2. The van der Waals surface area contributed by atoms with E-state index in [1.165, 1.54) is 0 Å². The molecule has 0 spiro atoms. The van der Waals surface area contributed by atoms with Crippen LogP contribution in [0.1, 0.15) is 22.3 Å². The maximum Gasteiger partial charge on any atom is 0.165 e. The number of fused-ring (bicyclic) bond motifs is 22. The first-order valence-corrected chi connectivity index (χ1v) is 17.5. The molecule has 5 heterocycles. The molecule has 8 bridgehead atoms. The van der Waals surface area contributed by atoms with Crippen molar-refractivity contribution in [1.82, 2.24) is 39.9 Å². The van der Waals surface area contributed by atoms with Crippen LogP contribution in [0.4, 0.5) is 0 Å². The number of hydrogen-bond donors (Lipinski definition) is 2. The van der Waals surface area contributed by atoms with Crippen molar-refractivity contribution in [2.24, 2.45) is 0 Å². The molecular weight excluding hydrogens is 641 g/mol. The van der Waals surface area contributed by atoms with E-state index in [1.54, 1.807) is 0 Å². The summed E-state index contributed by atoms with van der Waals surface area (Å²) in [6.07, 6.45) is 0. The van der Waals surface area contributed by atoms with Crippen LogP contribution >= 0.6 is 0 Å². The van der Waals surface area contributed by atoms with Gasteiger partial charge in [-0.05, 0) is 95.8 Å². The van der Waals surface area contributed by atoms with Gasteiger partial charge in [0.05, 0.1) is 0 Å². The molecule has 11 rings (SSSR count). The van der Waals surface area contributed by atoms with Crippen LogP contribution in [0.3, 0.4) is 0 Å². The second kappa shape index (κ2) is 10.4. The zero-order chi connectivity index (χ0) is 34.8. The first-order valence-electron chi connectivity index (χ1n) is 17.5. The van der Waals surface area contributed by atoms with Crippen molar-refractivity contribution in [3.05, 3.63) is 119 Å². The number of benzene rings is 6. The smallest absolute Gasteiger partial charge is 0.165 e. The van der Waals surface area contributed by atoms with Crippen molar-refractivity contribution in [3.8, 4) is 45.6 Å². The molecular formula is C44H30N8. The van der Waals surface area contributed by atoms with Gasteiger partial charge in [-0.15, -0.1) is 0 Å². The van der Waals surface area contributed by atoms with E-state index in [0.29, 0.717) is 45.9 Å². The number of aryl methyl sites for hydroxylation is 4. The molecule has 0 unspecified atom stereocenters. The Balaban J connectivity index is 1.38. The van der Waals surface area contributed by atoms with Crippen molar-refractivity contribution >= 4 is 65.7 Å². The molecule has 0 aliphatic carbocycles. The molecule has 8 heteroatoms. The van der Waals surface area contributed by atoms with Gasteiger partial charge in [-0.2, -0.15) is 0 Å². The Hall–Kier alpha value is -6.80. The SMILES string of the molecule is Cc1ccc(C)c2c1-c1nc-2nc2[nH]c(nc3nc(nc4[nH]c(n1)c1cc5ccccc5cc41)-c1cc4ccccc4cc1-3)c1c(C)ccc(C)c21. The Morgan fingerprint density at radius 1 is 0.365 bits per heavy atom. The predicted octanol–water partition coefficient (Wildman–Crippen LogP) is 10.4. The minimum Gasteiger partial charge on any atom is -0.324 e. The van der Waals surface area contributed by atoms with E-state index >= 15 is 0 Å². The summed E-state index contributed by atoms with van der Waals surface area (Å²) in [4.78, 5) is 38.8. The molecule has 0 saturated carbocycles. The standard InChI is InChI=1S/C44H30N8/c1-21-13-15-23(3)35-33(21)41-48-39-31-19-27-11-7-5-9-25(27)17-29(31)37(46-39)45-38-30-18-26-10-6-8-12-28(26)20-32(30)40(47-38)49-42-34-22(2)14-16-24(4)36(34)44(51-42)52-43(35)50-41/h5-20H,1-4H3,(H2,45,46,47,48,49,50,51,52). The molecule has 9 aromatic rings. The summed E-state index contributed by atoms with van der Waals surface area (Å²) in [6, 6.07) is 34.0. The van der Waals surface area contributed by atoms with Gasteiger partial charge in [0.2, 0.25) is 0 Å². The zero-order valence-corrected chi connectivity index (χ0v) is 28.9. The van der Waals surface area contributed by atoms with Gasteiger partial charge in [-0.25, -0.2) is 29.9 Å². The number of nitrogens with zero attached hydrogens (tertiary/aromatic N) is 6. The fourth-order valence-electron chi connectivity index (χ4n) is 8.07. The quantitative estimate of drug-likeness (QED) is 0.166. The van der Waals surface area contributed by atoms with E-state index in [9.17, 15) is 0 Å². The molecule has 2 aliphatic heterocycles. The van der Waals surface area contributed by atoms with Gasteiger partial charge in [-0.3, -0.25) is 0 Å². The van der Waals surface area contributed by atoms with E-state index < -0.39 is 0 Å². The average molecular weight is 671 g/mol. The number of H-pyrrole nitrogens is 2. The number of aromatic nitrogens is 8. The van der Waals surface area contributed by atoms with Crippen LogP contribution in [0.15, 0.2) is 97.1 Å². The van der Waals surface area contributed by atoms with Crippen LogP contribution < -0.4 is 0 Å². The third-order valence-corrected chi connectivity index (χ3v) is 10.7. The van der Waals surface area contributed by atoms with Gasteiger partial charge in [0.25, 0.3) is 0 Å². The molecule has 0 saturated heterocycles. The fourth-order valence-corrected chi connectivity index (χ4v) is 8.07. The number of nitrogens with one attached hydrogen (secondary N) is 2. The summed E-state index contributed by atoms with van der Waals surface area (Å²) >= 11 is 0. The Bertz CT molecular complexity index is 3240. The van der Waals surface area contributed by atoms with E-state index in [4.69, 9.17) is 29.9 Å². The number of rotatable bonds is 0. The zero-order valence-electron chi connectivity index (χ0n) is 28.9. The molecule has 0 fully saturated rings. The maximum atomic E-state index is 5.30. The van der Waals surface area contributed by atoms with Crippen LogP contribution in [0.25, 0.3) is 111 Å². The Morgan fingerprint density at radius 3 is 1.23 bits per heavy atom. The molecule has 2 aliphatic rings. The lowest BCUT2D eigenvalue weighted by Crippen LogP contribution is -1.89. The summed E-state index contributed by atoms with van der Waals surface area (Å²) < 4.78 is 0. The monoisotopic (exact) mass is 670 g/mol. The van der Waals surface area contributed by atoms with Gasteiger partial charge < -0.3 is 9.97 Å².